The van der Waals surface area contributed by atoms with Crippen LogP contribution in [0.4, 0.5) is 0 Å². The highest BCUT2D eigenvalue weighted by Crippen LogP contribution is 2.43. The molecule has 5 heteroatoms. The Kier molecular flexibility index (Phi) is 6.64. The number of rotatable bonds is 5. The van der Waals surface area contributed by atoms with Crippen LogP contribution in [0.15, 0.2) is 168 Å². The first-order valence-corrected chi connectivity index (χ1v) is 17.4. The minimum absolute atomic E-state index is 0.618. The van der Waals surface area contributed by atoms with Crippen LogP contribution in [0.25, 0.3) is 98.3 Å². The fraction of sp³-hybridized carbons (Fsp3) is 0. The molecular weight excluding hydrogens is 631 g/mol. The zero-order chi connectivity index (χ0) is 33.0. The van der Waals surface area contributed by atoms with E-state index in [0.717, 1.165) is 72.3 Å². The largest absolute Gasteiger partial charge is 0.455 e. The summed E-state index contributed by atoms with van der Waals surface area (Å²) in [5.41, 5.74) is 10.6. The van der Waals surface area contributed by atoms with E-state index in [9.17, 15) is 0 Å². The first-order chi connectivity index (χ1) is 24.8. The average Bonchev–Trinajstić information content (AvgIpc) is 3.77. The number of fused-ring (bicyclic) bond motifs is 6. The van der Waals surface area contributed by atoms with Gasteiger partial charge in [0.05, 0.1) is 17.0 Å². The van der Waals surface area contributed by atoms with E-state index < -0.39 is 0 Å². The average molecular weight is 658 g/mol. The van der Waals surface area contributed by atoms with E-state index >= 15 is 0 Å². The maximum absolute atomic E-state index is 6.71. The van der Waals surface area contributed by atoms with Gasteiger partial charge in [0, 0.05) is 54.5 Å². The smallest absolute Gasteiger partial charge is 0.164 e. The number of pyridine rings is 1. The van der Waals surface area contributed by atoms with Crippen molar-refractivity contribution in [2.45, 2.75) is 0 Å². The molecule has 0 aliphatic heterocycles. The summed E-state index contributed by atoms with van der Waals surface area (Å²) in [5.74, 6) is 0.618. The van der Waals surface area contributed by atoms with E-state index in [1.807, 2.05) is 53.9 Å². The SMILES string of the molecule is c1ccc(-c2cc(-c3ccc(-c4cccnc4)cc3)nc(-c3ccc(-c4ccc5sc6ccccc6c5c4)c4c3oc3ccccc34)n2)cc1. The van der Waals surface area contributed by atoms with Gasteiger partial charge in [-0.25, -0.2) is 9.97 Å². The first kappa shape index (κ1) is 28.6. The Labute approximate surface area is 292 Å². The standard InChI is InChI=1S/C45H27N3OS/c1-2-9-29(10-3-1)38-26-39(30-18-16-28(17-19-30)32-11-8-24-46-27-32)48-45(47-38)36-22-21-33(43-35-13-4-6-14-40(35)49-44(36)43)31-20-23-42-37(25-31)34-12-5-7-15-41(34)50-42/h1-27H. The Bertz CT molecular complexity index is 2860. The highest BCUT2D eigenvalue weighted by atomic mass is 32.1. The summed E-state index contributed by atoms with van der Waals surface area (Å²) in [6.45, 7) is 0. The molecule has 10 rings (SSSR count). The van der Waals surface area contributed by atoms with Crippen LogP contribution in [0.3, 0.4) is 0 Å². The number of para-hydroxylation sites is 1. The maximum atomic E-state index is 6.71. The Morgan fingerprint density at radius 3 is 1.94 bits per heavy atom. The predicted octanol–water partition coefficient (Wildman–Crippen LogP) is 12.5. The van der Waals surface area contributed by atoms with Gasteiger partial charge in [0.2, 0.25) is 0 Å². The Morgan fingerprint density at radius 1 is 0.460 bits per heavy atom. The van der Waals surface area contributed by atoms with Gasteiger partial charge in [-0.2, -0.15) is 0 Å². The van der Waals surface area contributed by atoms with Crippen molar-refractivity contribution in [3.63, 3.8) is 0 Å². The van der Waals surface area contributed by atoms with Gasteiger partial charge in [0.1, 0.15) is 11.2 Å². The molecule has 0 bridgehead atoms. The molecule has 0 aliphatic carbocycles. The van der Waals surface area contributed by atoms with Crippen LogP contribution in [0.2, 0.25) is 0 Å². The molecule has 4 heterocycles. The topological polar surface area (TPSA) is 51.8 Å². The number of benzene rings is 6. The van der Waals surface area contributed by atoms with Crippen LogP contribution in [-0.2, 0) is 0 Å². The molecular formula is C45H27N3OS. The van der Waals surface area contributed by atoms with Crippen molar-refractivity contribution < 1.29 is 4.42 Å². The summed E-state index contributed by atoms with van der Waals surface area (Å²) in [7, 11) is 0. The van der Waals surface area contributed by atoms with Crippen LogP contribution in [0.1, 0.15) is 0 Å². The molecule has 4 aromatic heterocycles. The van der Waals surface area contributed by atoms with Gasteiger partial charge >= 0.3 is 0 Å². The molecule has 0 atom stereocenters. The fourth-order valence-corrected chi connectivity index (χ4v) is 8.06. The van der Waals surface area contributed by atoms with E-state index in [0.29, 0.717) is 5.82 Å². The monoisotopic (exact) mass is 657 g/mol. The molecule has 6 aromatic carbocycles. The lowest BCUT2D eigenvalue weighted by Crippen LogP contribution is -1.96. The fourth-order valence-electron chi connectivity index (χ4n) is 6.98. The normalized spacial score (nSPS) is 11.6. The number of hydrogen-bond acceptors (Lipinski definition) is 5. The van der Waals surface area contributed by atoms with Crippen molar-refractivity contribution in [3.8, 4) is 56.2 Å². The lowest BCUT2D eigenvalue weighted by Gasteiger charge is -2.12. The quantitative estimate of drug-likeness (QED) is 0.185. The van der Waals surface area contributed by atoms with Gasteiger partial charge < -0.3 is 4.42 Å². The lowest BCUT2D eigenvalue weighted by atomic mass is 9.95. The molecule has 0 fully saturated rings. The molecule has 4 nitrogen and oxygen atoms in total. The first-order valence-electron chi connectivity index (χ1n) is 16.6. The maximum Gasteiger partial charge on any atom is 0.164 e. The van der Waals surface area contributed by atoms with Crippen molar-refractivity contribution in [2.24, 2.45) is 0 Å². The lowest BCUT2D eigenvalue weighted by molar-refractivity contribution is 0.669. The van der Waals surface area contributed by atoms with Crippen LogP contribution in [0.5, 0.6) is 0 Å². The van der Waals surface area contributed by atoms with Crippen LogP contribution in [-0.4, -0.2) is 15.0 Å². The highest BCUT2D eigenvalue weighted by Gasteiger charge is 2.20. The summed E-state index contributed by atoms with van der Waals surface area (Å²) < 4.78 is 9.30. The number of aromatic nitrogens is 3. The van der Waals surface area contributed by atoms with Crippen LogP contribution < -0.4 is 0 Å². The summed E-state index contributed by atoms with van der Waals surface area (Å²) in [4.78, 5) is 14.7. The van der Waals surface area contributed by atoms with Gasteiger partial charge in [-0.15, -0.1) is 11.3 Å². The molecule has 0 saturated heterocycles. The highest BCUT2D eigenvalue weighted by molar-refractivity contribution is 7.25. The molecule has 0 amide bonds. The third kappa shape index (κ3) is 4.79. The minimum Gasteiger partial charge on any atom is -0.455 e. The van der Waals surface area contributed by atoms with Crippen molar-refractivity contribution in [1.29, 1.82) is 0 Å². The number of thiophene rings is 1. The third-order valence-electron chi connectivity index (χ3n) is 9.43. The van der Waals surface area contributed by atoms with Crippen LogP contribution in [0, 0.1) is 0 Å². The van der Waals surface area contributed by atoms with Crippen molar-refractivity contribution >= 4 is 53.4 Å². The van der Waals surface area contributed by atoms with Gasteiger partial charge in [0.25, 0.3) is 0 Å². The van der Waals surface area contributed by atoms with Crippen molar-refractivity contribution in [3.05, 3.63) is 164 Å². The molecule has 0 aliphatic rings. The molecule has 0 radical (unpaired) electrons. The summed E-state index contributed by atoms with van der Waals surface area (Å²) >= 11 is 1.83. The number of furan rings is 1. The van der Waals surface area contributed by atoms with E-state index in [1.54, 1.807) is 6.20 Å². The van der Waals surface area contributed by atoms with Crippen LogP contribution >= 0.6 is 11.3 Å². The second kappa shape index (κ2) is 11.6. The second-order valence-electron chi connectivity index (χ2n) is 12.4. The number of nitrogens with zero attached hydrogens (tertiary/aromatic N) is 3. The van der Waals surface area contributed by atoms with E-state index in [-0.39, 0.29) is 0 Å². The number of hydrogen-bond donors (Lipinski definition) is 0. The summed E-state index contributed by atoms with van der Waals surface area (Å²) in [6.07, 6.45) is 3.68. The molecule has 10 aromatic rings. The van der Waals surface area contributed by atoms with Crippen molar-refractivity contribution in [2.75, 3.05) is 0 Å². The van der Waals surface area contributed by atoms with E-state index in [1.165, 1.54) is 20.2 Å². The molecule has 0 unspecified atom stereocenters. The van der Waals surface area contributed by atoms with Gasteiger partial charge in [-0.05, 0) is 64.7 Å². The third-order valence-corrected chi connectivity index (χ3v) is 10.6. The van der Waals surface area contributed by atoms with Gasteiger partial charge in [0.15, 0.2) is 5.82 Å². The van der Waals surface area contributed by atoms with E-state index in [4.69, 9.17) is 14.4 Å². The molecule has 234 valence electrons. The Balaban J connectivity index is 1.18. The zero-order valence-corrected chi connectivity index (χ0v) is 27.6. The van der Waals surface area contributed by atoms with Crippen molar-refractivity contribution in [1.82, 2.24) is 15.0 Å². The molecule has 0 saturated carbocycles. The summed E-state index contributed by atoms with van der Waals surface area (Å²) in [6, 6.07) is 52.9. The summed E-state index contributed by atoms with van der Waals surface area (Å²) in [5, 5.41) is 4.69. The molecule has 0 N–H and O–H groups in total. The molecule has 0 spiro atoms. The predicted molar refractivity (Wildman–Crippen MR) is 207 cm³/mol. The Morgan fingerprint density at radius 2 is 1.12 bits per heavy atom. The Hall–Kier alpha value is -6.43. The minimum atomic E-state index is 0.618. The van der Waals surface area contributed by atoms with E-state index in [2.05, 4.69) is 120 Å². The second-order valence-corrected chi connectivity index (χ2v) is 13.5. The zero-order valence-electron chi connectivity index (χ0n) is 26.7. The van der Waals surface area contributed by atoms with Gasteiger partial charge in [-0.3, -0.25) is 4.98 Å². The van der Waals surface area contributed by atoms with Gasteiger partial charge in [-0.1, -0.05) is 109 Å². The molecule has 50 heavy (non-hydrogen) atoms.